The predicted molar refractivity (Wildman–Crippen MR) is 108 cm³/mol. The van der Waals surface area contributed by atoms with Crippen molar-refractivity contribution < 1.29 is 13.6 Å². The predicted octanol–water partition coefficient (Wildman–Crippen LogP) is 3.14. The first-order chi connectivity index (χ1) is 13.6. The van der Waals surface area contributed by atoms with Crippen LogP contribution in [-0.2, 0) is 4.79 Å². The summed E-state index contributed by atoms with van der Waals surface area (Å²) < 4.78 is 27.0. The van der Waals surface area contributed by atoms with Crippen LogP contribution in [0.15, 0.2) is 53.4 Å². The second-order valence-corrected chi connectivity index (χ2v) is 8.53. The number of anilines is 1. The number of carbonyl (C=O) groups excluding carboxylic acids is 1. The SMILES string of the molecule is O=C([C@@H]1C[C@@H](Sc2ccc(F)cc2)CN1)N1CCN(c2ccccc2F)CC1. The average Bonchev–Trinajstić information content (AvgIpc) is 3.18. The lowest BCUT2D eigenvalue weighted by atomic mass is 10.1. The summed E-state index contributed by atoms with van der Waals surface area (Å²) in [6.07, 6.45) is 0.758. The molecule has 28 heavy (non-hydrogen) atoms. The van der Waals surface area contributed by atoms with Crippen LogP contribution in [0.5, 0.6) is 0 Å². The number of hydrogen-bond acceptors (Lipinski definition) is 4. The molecule has 2 aromatic carbocycles. The smallest absolute Gasteiger partial charge is 0.239 e. The molecule has 4 rings (SSSR count). The number of nitrogens with one attached hydrogen (secondary N) is 1. The van der Waals surface area contributed by atoms with Crippen molar-refractivity contribution >= 4 is 23.4 Å². The molecular weight excluding hydrogens is 380 g/mol. The molecule has 2 atom stereocenters. The molecule has 2 fully saturated rings. The number of carbonyl (C=O) groups is 1. The molecule has 0 unspecified atom stereocenters. The van der Waals surface area contributed by atoms with Crippen LogP contribution in [0.3, 0.4) is 0 Å². The van der Waals surface area contributed by atoms with Crippen LogP contribution in [0.25, 0.3) is 0 Å². The molecule has 148 valence electrons. The quantitative estimate of drug-likeness (QED) is 0.851. The molecule has 2 aromatic rings. The summed E-state index contributed by atoms with van der Waals surface area (Å²) in [5.74, 6) is -0.340. The fraction of sp³-hybridized carbons (Fsp3) is 0.381. The van der Waals surface area contributed by atoms with E-state index < -0.39 is 0 Å². The number of benzene rings is 2. The van der Waals surface area contributed by atoms with E-state index in [0.717, 1.165) is 17.9 Å². The molecule has 2 aliphatic heterocycles. The zero-order chi connectivity index (χ0) is 19.5. The maximum atomic E-state index is 14.0. The zero-order valence-corrected chi connectivity index (χ0v) is 16.3. The van der Waals surface area contributed by atoms with Crippen molar-refractivity contribution in [2.24, 2.45) is 0 Å². The van der Waals surface area contributed by atoms with E-state index in [1.165, 1.54) is 18.2 Å². The van der Waals surface area contributed by atoms with E-state index in [-0.39, 0.29) is 23.6 Å². The largest absolute Gasteiger partial charge is 0.366 e. The van der Waals surface area contributed by atoms with Gasteiger partial charge in [-0.1, -0.05) is 12.1 Å². The van der Waals surface area contributed by atoms with E-state index in [4.69, 9.17) is 0 Å². The molecule has 1 N–H and O–H groups in total. The van der Waals surface area contributed by atoms with Crippen molar-refractivity contribution in [2.75, 3.05) is 37.6 Å². The van der Waals surface area contributed by atoms with Gasteiger partial charge in [-0.15, -0.1) is 11.8 Å². The van der Waals surface area contributed by atoms with Gasteiger partial charge in [0.05, 0.1) is 11.7 Å². The number of amides is 1. The van der Waals surface area contributed by atoms with E-state index in [1.54, 1.807) is 36.0 Å². The van der Waals surface area contributed by atoms with Gasteiger partial charge >= 0.3 is 0 Å². The number of para-hydroxylation sites is 1. The number of piperazine rings is 1. The Kier molecular flexibility index (Phi) is 5.82. The summed E-state index contributed by atoms with van der Waals surface area (Å²) in [7, 11) is 0. The minimum absolute atomic E-state index is 0.121. The van der Waals surface area contributed by atoms with Gasteiger partial charge < -0.3 is 15.1 Å². The lowest BCUT2D eigenvalue weighted by Crippen LogP contribution is -2.53. The van der Waals surface area contributed by atoms with Crippen LogP contribution in [0.1, 0.15) is 6.42 Å². The maximum Gasteiger partial charge on any atom is 0.239 e. The Morgan fingerprint density at radius 2 is 1.71 bits per heavy atom. The highest BCUT2D eigenvalue weighted by Crippen LogP contribution is 2.29. The molecule has 4 nitrogen and oxygen atoms in total. The van der Waals surface area contributed by atoms with Crippen LogP contribution in [-0.4, -0.2) is 54.8 Å². The molecule has 0 spiro atoms. The topological polar surface area (TPSA) is 35.6 Å². The number of hydrogen-bond donors (Lipinski definition) is 1. The van der Waals surface area contributed by atoms with E-state index in [2.05, 4.69) is 5.32 Å². The van der Waals surface area contributed by atoms with Gasteiger partial charge in [0.15, 0.2) is 0 Å². The normalized spacial score (nSPS) is 22.5. The summed E-state index contributed by atoms with van der Waals surface area (Å²) in [6, 6.07) is 13.1. The van der Waals surface area contributed by atoms with E-state index >= 15 is 0 Å². The Morgan fingerprint density at radius 3 is 2.43 bits per heavy atom. The molecule has 2 saturated heterocycles. The van der Waals surface area contributed by atoms with E-state index in [1.807, 2.05) is 15.9 Å². The second kappa shape index (κ2) is 8.49. The first-order valence-electron chi connectivity index (χ1n) is 9.54. The van der Waals surface area contributed by atoms with Crippen molar-refractivity contribution in [3.8, 4) is 0 Å². The highest BCUT2D eigenvalue weighted by molar-refractivity contribution is 8.00. The molecule has 0 radical (unpaired) electrons. The van der Waals surface area contributed by atoms with Crippen LogP contribution in [0.4, 0.5) is 14.5 Å². The van der Waals surface area contributed by atoms with Crippen LogP contribution < -0.4 is 10.2 Å². The standard InChI is InChI=1S/C21H23F2N3OS/c22-15-5-7-16(8-6-15)28-17-13-19(24-14-17)21(27)26-11-9-25(10-12-26)20-4-2-1-3-18(20)23/h1-8,17,19,24H,9-14H2/t17-,19+/m1/s1. The Bertz CT molecular complexity index is 825. The Hall–Kier alpha value is -2.12. The molecule has 0 aliphatic carbocycles. The van der Waals surface area contributed by atoms with E-state index in [0.29, 0.717) is 37.1 Å². The Balaban J connectivity index is 1.29. The fourth-order valence-corrected chi connectivity index (χ4v) is 4.93. The summed E-state index contributed by atoms with van der Waals surface area (Å²) in [4.78, 5) is 17.7. The number of nitrogens with zero attached hydrogens (tertiary/aromatic N) is 2. The first-order valence-corrected chi connectivity index (χ1v) is 10.4. The van der Waals surface area contributed by atoms with Crippen molar-refractivity contribution in [1.29, 1.82) is 0 Å². The third-order valence-corrected chi connectivity index (χ3v) is 6.53. The van der Waals surface area contributed by atoms with Gasteiger partial charge in [-0.2, -0.15) is 0 Å². The zero-order valence-electron chi connectivity index (χ0n) is 15.5. The van der Waals surface area contributed by atoms with Gasteiger partial charge in [0.25, 0.3) is 0 Å². The molecule has 1 amide bonds. The van der Waals surface area contributed by atoms with Gasteiger partial charge in [0, 0.05) is 42.9 Å². The summed E-state index contributed by atoms with van der Waals surface area (Å²) >= 11 is 1.68. The third-order valence-electron chi connectivity index (χ3n) is 5.29. The van der Waals surface area contributed by atoms with Crippen molar-refractivity contribution in [1.82, 2.24) is 10.2 Å². The molecule has 0 saturated carbocycles. The minimum atomic E-state index is -0.239. The summed E-state index contributed by atoms with van der Waals surface area (Å²) in [5, 5.41) is 3.62. The molecule has 0 aromatic heterocycles. The lowest BCUT2D eigenvalue weighted by molar-refractivity contribution is -0.133. The molecule has 7 heteroatoms. The molecule has 2 aliphatic rings. The molecule has 0 bridgehead atoms. The number of rotatable bonds is 4. The third kappa shape index (κ3) is 4.31. The minimum Gasteiger partial charge on any atom is -0.366 e. The highest BCUT2D eigenvalue weighted by atomic mass is 32.2. The van der Waals surface area contributed by atoms with Gasteiger partial charge in [-0.3, -0.25) is 4.79 Å². The van der Waals surface area contributed by atoms with Crippen molar-refractivity contribution in [3.05, 3.63) is 60.2 Å². The summed E-state index contributed by atoms with van der Waals surface area (Å²) in [5.41, 5.74) is 0.601. The Labute approximate surface area is 167 Å². The highest BCUT2D eigenvalue weighted by Gasteiger charge is 2.34. The van der Waals surface area contributed by atoms with E-state index in [9.17, 15) is 13.6 Å². The monoisotopic (exact) mass is 403 g/mol. The molecular formula is C21H23F2N3OS. The van der Waals surface area contributed by atoms with Crippen molar-refractivity contribution in [2.45, 2.75) is 22.6 Å². The van der Waals surface area contributed by atoms with Crippen LogP contribution in [0.2, 0.25) is 0 Å². The second-order valence-electron chi connectivity index (χ2n) is 7.15. The van der Waals surface area contributed by atoms with Gasteiger partial charge in [-0.05, 0) is 42.8 Å². The molecule has 2 heterocycles. The van der Waals surface area contributed by atoms with Gasteiger partial charge in [0.2, 0.25) is 5.91 Å². The number of halogens is 2. The van der Waals surface area contributed by atoms with Gasteiger partial charge in [-0.25, -0.2) is 8.78 Å². The maximum absolute atomic E-state index is 14.0. The van der Waals surface area contributed by atoms with Crippen LogP contribution in [0, 0.1) is 11.6 Å². The fourth-order valence-electron chi connectivity index (χ4n) is 3.78. The van der Waals surface area contributed by atoms with Crippen molar-refractivity contribution in [3.63, 3.8) is 0 Å². The first kappa shape index (κ1) is 19.2. The Morgan fingerprint density at radius 1 is 1.00 bits per heavy atom. The van der Waals surface area contributed by atoms with Gasteiger partial charge in [0.1, 0.15) is 11.6 Å². The average molecular weight is 403 g/mol. The number of thioether (sulfide) groups is 1. The van der Waals surface area contributed by atoms with Crippen LogP contribution >= 0.6 is 11.8 Å². The lowest BCUT2D eigenvalue weighted by Gasteiger charge is -2.37. The summed E-state index contributed by atoms with van der Waals surface area (Å²) in [6.45, 7) is 3.22.